The Morgan fingerprint density at radius 1 is 0.842 bits per heavy atom. The minimum absolute atomic E-state index is 0.0711. The third kappa shape index (κ3) is 2.14. The van der Waals surface area contributed by atoms with E-state index in [4.69, 9.17) is 5.73 Å². The van der Waals surface area contributed by atoms with Gasteiger partial charge in [-0.05, 0) is 49.9 Å². The summed E-state index contributed by atoms with van der Waals surface area (Å²) in [4.78, 5) is 12.7. The number of carbonyl (C=O) groups is 1. The zero-order valence-electron chi connectivity index (χ0n) is 11.9. The molecule has 0 amide bonds. The van der Waals surface area contributed by atoms with Gasteiger partial charge in [0.05, 0.1) is 0 Å². The van der Waals surface area contributed by atoms with Gasteiger partial charge in [-0.1, -0.05) is 30.3 Å². The summed E-state index contributed by atoms with van der Waals surface area (Å²) in [5.41, 5.74) is 12.3. The molecule has 0 atom stereocenters. The number of hydrogen-bond donors (Lipinski definition) is 1. The van der Waals surface area contributed by atoms with E-state index in [1.54, 1.807) is 0 Å². The standard InChI is InChI=1S/C17H19NO/c1-10-12(3)16(18)13(4)11(2)15(10)17(19)14-8-6-5-7-9-14/h5-9H,18H2,1-4H3. The van der Waals surface area contributed by atoms with Crippen LogP contribution in [0.3, 0.4) is 0 Å². The molecule has 2 heteroatoms. The highest BCUT2D eigenvalue weighted by Gasteiger charge is 2.19. The van der Waals surface area contributed by atoms with Crippen molar-refractivity contribution < 1.29 is 4.79 Å². The van der Waals surface area contributed by atoms with Crippen molar-refractivity contribution in [3.63, 3.8) is 0 Å². The quantitative estimate of drug-likeness (QED) is 0.654. The second-order valence-electron chi connectivity index (χ2n) is 4.98. The fourth-order valence-electron chi connectivity index (χ4n) is 2.42. The Kier molecular flexibility index (Phi) is 3.43. The third-order valence-corrected chi connectivity index (χ3v) is 3.95. The molecule has 0 saturated heterocycles. The summed E-state index contributed by atoms with van der Waals surface area (Å²) in [7, 11) is 0. The minimum atomic E-state index is 0.0711. The van der Waals surface area contributed by atoms with Crippen molar-refractivity contribution in [1.82, 2.24) is 0 Å². The van der Waals surface area contributed by atoms with Crippen LogP contribution in [0, 0.1) is 27.7 Å². The fourth-order valence-corrected chi connectivity index (χ4v) is 2.42. The minimum Gasteiger partial charge on any atom is -0.398 e. The van der Waals surface area contributed by atoms with E-state index in [1.165, 1.54) is 0 Å². The van der Waals surface area contributed by atoms with Gasteiger partial charge in [-0.25, -0.2) is 0 Å². The van der Waals surface area contributed by atoms with Crippen molar-refractivity contribution >= 4 is 11.5 Å². The number of anilines is 1. The Morgan fingerprint density at radius 3 is 1.79 bits per heavy atom. The average molecular weight is 253 g/mol. The van der Waals surface area contributed by atoms with Crippen molar-refractivity contribution in [2.45, 2.75) is 27.7 Å². The number of nitrogens with two attached hydrogens (primary N) is 1. The molecule has 0 saturated carbocycles. The van der Waals surface area contributed by atoms with Gasteiger partial charge in [0.2, 0.25) is 0 Å². The Bertz CT molecular complexity index is 613. The molecule has 0 spiro atoms. The van der Waals surface area contributed by atoms with Crippen LogP contribution in [0.5, 0.6) is 0 Å². The predicted molar refractivity (Wildman–Crippen MR) is 79.7 cm³/mol. The Labute approximate surface area is 114 Å². The molecule has 0 aliphatic heterocycles. The molecule has 0 heterocycles. The first-order chi connectivity index (χ1) is 8.95. The van der Waals surface area contributed by atoms with Crippen molar-refractivity contribution in [3.05, 3.63) is 63.7 Å². The predicted octanol–water partition coefficient (Wildman–Crippen LogP) is 3.73. The molecule has 0 bridgehead atoms. The van der Waals surface area contributed by atoms with Gasteiger partial charge >= 0.3 is 0 Å². The molecule has 19 heavy (non-hydrogen) atoms. The molecule has 0 unspecified atom stereocenters. The number of ketones is 1. The highest BCUT2D eigenvalue weighted by Crippen LogP contribution is 2.29. The van der Waals surface area contributed by atoms with Crippen molar-refractivity contribution in [2.75, 3.05) is 5.73 Å². The Balaban J connectivity index is 2.67. The first-order valence-corrected chi connectivity index (χ1v) is 6.40. The first-order valence-electron chi connectivity index (χ1n) is 6.40. The highest BCUT2D eigenvalue weighted by molar-refractivity contribution is 6.11. The molecule has 0 aromatic heterocycles. The maximum Gasteiger partial charge on any atom is 0.193 e. The number of benzene rings is 2. The number of nitrogen functional groups attached to an aromatic ring is 1. The summed E-state index contributed by atoms with van der Waals surface area (Å²) >= 11 is 0. The van der Waals surface area contributed by atoms with Gasteiger partial charge in [0.1, 0.15) is 0 Å². The highest BCUT2D eigenvalue weighted by atomic mass is 16.1. The fraction of sp³-hybridized carbons (Fsp3) is 0.235. The van der Waals surface area contributed by atoms with Gasteiger partial charge in [-0.15, -0.1) is 0 Å². The van der Waals surface area contributed by atoms with Crippen LogP contribution in [0.25, 0.3) is 0 Å². The first kappa shape index (κ1) is 13.3. The lowest BCUT2D eigenvalue weighted by Gasteiger charge is -2.17. The van der Waals surface area contributed by atoms with Crippen molar-refractivity contribution in [3.8, 4) is 0 Å². The monoisotopic (exact) mass is 253 g/mol. The van der Waals surface area contributed by atoms with Crippen LogP contribution in [0.4, 0.5) is 5.69 Å². The number of carbonyl (C=O) groups excluding carboxylic acids is 1. The maximum atomic E-state index is 12.7. The average Bonchev–Trinajstić information content (AvgIpc) is 2.44. The molecule has 2 aromatic carbocycles. The van der Waals surface area contributed by atoms with Crippen LogP contribution < -0.4 is 5.73 Å². The van der Waals surface area contributed by atoms with E-state index >= 15 is 0 Å². The van der Waals surface area contributed by atoms with Gasteiger partial charge in [0.25, 0.3) is 0 Å². The van der Waals surface area contributed by atoms with Gasteiger partial charge in [0.15, 0.2) is 5.78 Å². The third-order valence-electron chi connectivity index (χ3n) is 3.95. The summed E-state index contributed by atoms with van der Waals surface area (Å²) in [5, 5.41) is 0. The maximum absolute atomic E-state index is 12.7. The lowest BCUT2D eigenvalue weighted by molar-refractivity contribution is 0.103. The molecule has 2 nitrogen and oxygen atoms in total. The van der Waals surface area contributed by atoms with E-state index in [-0.39, 0.29) is 5.78 Å². The molecule has 98 valence electrons. The van der Waals surface area contributed by atoms with Gasteiger partial charge in [-0.3, -0.25) is 4.79 Å². The van der Waals surface area contributed by atoms with E-state index in [9.17, 15) is 4.79 Å². The normalized spacial score (nSPS) is 10.5. The second-order valence-corrected chi connectivity index (χ2v) is 4.98. The second kappa shape index (κ2) is 4.88. The number of rotatable bonds is 2. The molecule has 2 N–H and O–H groups in total. The lowest BCUT2D eigenvalue weighted by Crippen LogP contribution is -2.11. The van der Waals surface area contributed by atoms with Crippen LogP contribution in [0.2, 0.25) is 0 Å². The van der Waals surface area contributed by atoms with E-state index in [0.717, 1.165) is 39.1 Å². The summed E-state index contributed by atoms with van der Waals surface area (Å²) < 4.78 is 0. The smallest absolute Gasteiger partial charge is 0.193 e. The van der Waals surface area contributed by atoms with Gasteiger partial charge in [0, 0.05) is 16.8 Å². The van der Waals surface area contributed by atoms with E-state index in [1.807, 2.05) is 58.0 Å². The molecule has 2 rings (SSSR count). The molecular weight excluding hydrogens is 234 g/mol. The van der Waals surface area contributed by atoms with Crippen LogP contribution in [0.15, 0.2) is 30.3 Å². The molecular formula is C17H19NO. The lowest BCUT2D eigenvalue weighted by atomic mass is 9.88. The van der Waals surface area contributed by atoms with Crippen molar-refractivity contribution in [1.29, 1.82) is 0 Å². The topological polar surface area (TPSA) is 43.1 Å². The molecule has 0 fully saturated rings. The van der Waals surface area contributed by atoms with Crippen LogP contribution in [-0.2, 0) is 0 Å². The van der Waals surface area contributed by atoms with Crippen LogP contribution >= 0.6 is 0 Å². The summed E-state index contributed by atoms with van der Waals surface area (Å²) in [6, 6.07) is 9.38. The Morgan fingerprint density at radius 2 is 1.32 bits per heavy atom. The Hall–Kier alpha value is -2.09. The summed E-state index contributed by atoms with van der Waals surface area (Å²) in [5.74, 6) is 0.0711. The van der Waals surface area contributed by atoms with Crippen LogP contribution in [0.1, 0.15) is 38.2 Å². The molecule has 2 aromatic rings. The summed E-state index contributed by atoms with van der Waals surface area (Å²) in [6.07, 6.45) is 0. The molecule has 0 aliphatic carbocycles. The molecule has 0 radical (unpaired) electrons. The van der Waals surface area contributed by atoms with Gasteiger partial charge < -0.3 is 5.73 Å². The van der Waals surface area contributed by atoms with E-state index < -0.39 is 0 Å². The SMILES string of the molecule is Cc1c(C)c(C(=O)c2ccccc2)c(C)c(C)c1N. The summed E-state index contributed by atoms with van der Waals surface area (Å²) in [6.45, 7) is 7.88. The zero-order valence-corrected chi connectivity index (χ0v) is 11.9. The zero-order chi connectivity index (χ0) is 14.2. The van der Waals surface area contributed by atoms with E-state index in [2.05, 4.69) is 0 Å². The van der Waals surface area contributed by atoms with Gasteiger partial charge in [-0.2, -0.15) is 0 Å². The van der Waals surface area contributed by atoms with Crippen LogP contribution in [-0.4, -0.2) is 5.78 Å². The largest absolute Gasteiger partial charge is 0.398 e. The van der Waals surface area contributed by atoms with Crippen molar-refractivity contribution in [2.24, 2.45) is 0 Å². The number of hydrogen-bond acceptors (Lipinski definition) is 2. The van der Waals surface area contributed by atoms with E-state index in [0.29, 0.717) is 0 Å². The molecule has 0 aliphatic rings.